The van der Waals surface area contributed by atoms with E-state index in [-0.39, 0.29) is 26.4 Å². The number of aliphatic hydroxyl groups is 2. The molecule has 66 heavy (non-hydrogen) atoms. The van der Waals surface area contributed by atoms with Gasteiger partial charge in [0.2, 0.25) is 5.79 Å². The second-order valence-electron chi connectivity index (χ2n) is 15.3. The highest BCUT2D eigenvalue weighted by atomic mass is 16.8. The summed E-state index contributed by atoms with van der Waals surface area (Å²) in [6, 6.07) is 24.8. The lowest BCUT2D eigenvalue weighted by Gasteiger charge is -2.54. The molecule has 356 valence electrons. The van der Waals surface area contributed by atoms with Gasteiger partial charge in [-0.1, -0.05) is 96.1 Å². The van der Waals surface area contributed by atoms with Crippen LogP contribution < -0.4 is 0 Å². The van der Waals surface area contributed by atoms with Crippen LogP contribution in [0.15, 0.2) is 96.1 Å². The molecule has 0 spiro atoms. The van der Waals surface area contributed by atoms with Crippen molar-refractivity contribution in [3.05, 3.63) is 118 Å². The van der Waals surface area contributed by atoms with E-state index in [0.717, 1.165) is 40.4 Å². The van der Waals surface area contributed by atoms with Crippen molar-refractivity contribution in [1.82, 2.24) is 0 Å². The molecule has 0 aromatic heterocycles. The third kappa shape index (κ3) is 13.5. The number of benzene rings is 3. The smallest absolute Gasteiger partial charge is 0.366 e. The molecule has 2 fully saturated rings. The Balaban J connectivity index is 1.70. The quantitative estimate of drug-likeness (QED) is 0.0508. The van der Waals surface area contributed by atoms with Crippen LogP contribution in [0, 0.1) is 0 Å². The molecule has 2 saturated heterocycles. The molecule has 2 N–H and O–H groups in total. The Morgan fingerprint density at radius 2 is 1.32 bits per heavy atom. The fourth-order valence-electron chi connectivity index (χ4n) is 7.53. The number of carbonyl (C=O) groups excluding carboxylic acids is 5. The van der Waals surface area contributed by atoms with Crippen molar-refractivity contribution < 1.29 is 86.3 Å². The van der Waals surface area contributed by atoms with E-state index in [2.05, 4.69) is 10.0 Å². The van der Waals surface area contributed by atoms with Crippen LogP contribution in [0.4, 0.5) is 0 Å². The Morgan fingerprint density at radius 1 is 0.773 bits per heavy atom. The monoisotopic (exact) mass is 923 g/mol. The number of carbonyl (C=O) groups is 5. The third-order valence-electron chi connectivity index (χ3n) is 10.3. The molecular weight excluding hydrogens is 870 g/mol. The van der Waals surface area contributed by atoms with Crippen LogP contribution in [0.5, 0.6) is 0 Å². The number of methoxy groups -OCH3 is 1. The molecule has 2 aliphatic heterocycles. The first kappa shape index (κ1) is 51.0. The highest BCUT2D eigenvalue weighted by Gasteiger charge is 2.68. The van der Waals surface area contributed by atoms with Crippen LogP contribution in [0.1, 0.15) is 50.8 Å². The van der Waals surface area contributed by atoms with E-state index in [1.165, 1.54) is 0 Å². The predicted molar refractivity (Wildman–Crippen MR) is 224 cm³/mol. The lowest BCUT2D eigenvalue weighted by molar-refractivity contribution is -0.427. The van der Waals surface area contributed by atoms with Gasteiger partial charge >= 0.3 is 29.8 Å². The maximum Gasteiger partial charge on any atom is 0.366 e. The molecule has 21 heteroatoms. The summed E-state index contributed by atoms with van der Waals surface area (Å²) < 4.78 is 64.9. The van der Waals surface area contributed by atoms with Gasteiger partial charge in [-0.2, -0.15) is 0 Å². The molecular formula is C45H53N3O18. The zero-order valence-corrected chi connectivity index (χ0v) is 36.9. The highest BCUT2D eigenvalue weighted by molar-refractivity contribution is 5.78. The molecule has 0 amide bonds. The van der Waals surface area contributed by atoms with Gasteiger partial charge in [-0.05, 0) is 22.2 Å². The first-order chi connectivity index (χ1) is 31.6. The minimum Gasteiger partial charge on any atom is -0.465 e. The summed E-state index contributed by atoms with van der Waals surface area (Å²) in [6.07, 6.45) is -14.8. The summed E-state index contributed by atoms with van der Waals surface area (Å²) in [5, 5.41) is 28.4. The lowest BCUT2D eigenvalue weighted by Crippen LogP contribution is -2.74. The van der Waals surface area contributed by atoms with Crippen molar-refractivity contribution in [2.75, 3.05) is 20.3 Å². The van der Waals surface area contributed by atoms with E-state index in [1.807, 2.05) is 30.3 Å². The molecule has 0 radical (unpaired) electrons. The number of esters is 5. The molecule has 0 aliphatic carbocycles. The van der Waals surface area contributed by atoms with Gasteiger partial charge in [0, 0.05) is 32.6 Å². The van der Waals surface area contributed by atoms with Crippen molar-refractivity contribution in [2.45, 2.75) is 121 Å². The van der Waals surface area contributed by atoms with Crippen LogP contribution >= 0.6 is 0 Å². The van der Waals surface area contributed by atoms with Crippen molar-refractivity contribution in [1.29, 1.82) is 0 Å². The van der Waals surface area contributed by atoms with Crippen LogP contribution in [-0.2, 0) is 95.9 Å². The zero-order valence-electron chi connectivity index (χ0n) is 36.9. The van der Waals surface area contributed by atoms with E-state index in [0.29, 0.717) is 11.1 Å². The van der Waals surface area contributed by atoms with Gasteiger partial charge in [-0.3, -0.25) is 19.2 Å². The Morgan fingerprint density at radius 3 is 1.82 bits per heavy atom. The molecule has 2 aliphatic rings. The zero-order chi connectivity index (χ0) is 47.9. The van der Waals surface area contributed by atoms with Crippen molar-refractivity contribution in [2.24, 2.45) is 5.11 Å². The first-order valence-corrected chi connectivity index (χ1v) is 20.7. The van der Waals surface area contributed by atoms with Gasteiger partial charge in [0.1, 0.15) is 43.2 Å². The SMILES string of the molecule is COC(=O)C1(O[C@@H]2[C@@H](OCc3ccccc3)[C@H](O)O[C@H](COCc3ccccc3)[C@@H]2OCc2ccccc2)C[C@H](OC(C)=O)[C@@H](N=[N+]=[N-])[C@@](O)([C@H](OC(C)=O)[C@@H](COC(C)=O)OC(C)=O)O1. The Bertz CT molecular complexity index is 2130. The van der Waals surface area contributed by atoms with Gasteiger partial charge in [0.05, 0.1) is 40.0 Å². The number of nitrogens with zero attached hydrogens (tertiary/aromatic N) is 3. The van der Waals surface area contributed by atoms with Crippen molar-refractivity contribution in [3.8, 4) is 0 Å². The van der Waals surface area contributed by atoms with Gasteiger partial charge in [0.25, 0.3) is 5.79 Å². The van der Waals surface area contributed by atoms with Gasteiger partial charge < -0.3 is 62.3 Å². The minimum atomic E-state index is -3.40. The summed E-state index contributed by atoms with van der Waals surface area (Å²) in [5.74, 6) is -11.9. The number of hydrogen-bond acceptors (Lipinski definition) is 19. The van der Waals surface area contributed by atoms with Gasteiger partial charge in [0.15, 0.2) is 18.5 Å². The second kappa shape index (κ2) is 24.0. The lowest BCUT2D eigenvalue weighted by atomic mass is 9.85. The predicted octanol–water partition coefficient (Wildman–Crippen LogP) is 3.49. The van der Waals surface area contributed by atoms with Gasteiger partial charge in [-0.15, -0.1) is 0 Å². The average molecular weight is 924 g/mol. The summed E-state index contributed by atoms with van der Waals surface area (Å²) in [5.41, 5.74) is 12.0. The van der Waals surface area contributed by atoms with E-state index in [4.69, 9.17) is 52.1 Å². The number of ether oxygens (including phenoxy) is 11. The summed E-state index contributed by atoms with van der Waals surface area (Å²) >= 11 is 0. The summed E-state index contributed by atoms with van der Waals surface area (Å²) in [7, 11) is 0.938. The second-order valence-corrected chi connectivity index (χ2v) is 15.3. The summed E-state index contributed by atoms with van der Waals surface area (Å²) in [6.45, 7) is 2.54. The standard InChI is InChI=1S/C45H53N3O18/c1-27(49)58-26-36(62-29(3)51)41(63-30(4)52)45(55)40(47-48-46)34(61-28(2)50)21-44(66-45,43(54)56-5)65-38-37(59-23-32-17-11-7-12-18-32)35(25-57-22-31-15-9-6-10-16-31)64-42(53)39(38)60-24-33-19-13-8-14-20-33/h6-20,34-42,53,55H,21-26H2,1-5H3/t34-,35+,36+,37-,38-,39+,40+,41+,42+,44?,45-/m0/s1. The molecule has 21 nitrogen and oxygen atoms in total. The molecule has 11 atom stereocenters. The Labute approximate surface area is 379 Å². The van der Waals surface area contributed by atoms with E-state index in [9.17, 15) is 39.7 Å². The number of aliphatic hydroxyl groups excluding tert-OH is 1. The largest absolute Gasteiger partial charge is 0.465 e. The maximum absolute atomic E-state index is 14.5. The Kier molecular flexibility index (Phi) is 18.5. The topological polar surface area (TPSA) is 276 Å². The normalized spacial score (nSPS) is 26.9. The summed E-state index contributed by atoms with van der Waals surface area (Å²) in [4.78, 5) is 67.5. The van der Waals surface area contributed by atoms with E-state index >= 15 is 0 Å². The molecule has 3 aromatic rings. The number of rotatable bonds is 21. The molecule has 1 unspecified atom stereocenters. The van der Waals surface area contributed by atoms with Crippen molar-refractivity contribution in [3.63, 3.8) is 0 Å². The fourth-order valence-corrected chi connectivity index (χ4v) is 7.53. The van der Waals surface area contributed by atoms with Crippen molar-refractivity contribution >= 4 is 29.8 Å². The molecule has 0 bridgehead atoms. The third-order valence-corrected chi connectivity index (χ3v) is 10.3. The van der Waals surface area contributed by atoms with Crippen LogP contribution in [0.25, 0.3) is 10.4 Å². The molecule has 3 aromatic carbocycles. The number of hydrogen-bond donors (Lipinski definition) is 2. The molecule has 0 saturated carbocycles. The fraction of sp³-hybridized carbons (Fsp3) is 0.489. The maximum atomic E-state index is 14.5. The van der Waals surface area contributed by atoms with Crippen LogP contribution in [0.3, 0.4) is 0 Å². The highest BCUT2D eigenvalue weighted by Crippen LogP contribution is 2.46. The Hall–Kier alpha value is -6.00. The van der Waals surface area contributed by atoms with E-state index in [1.54, 1.807) is 60.7 Å². The average Bonchev–Trinajstić information content (AvgIpc) is 3.28. The minimum absolute atomic E-state index is 0.100. The molecule has 2 heterocycles. The molecule has 5 rings (SSSR count). The first-order valence-electron chi connectivity index (χ1n) is 20.7. The van der Waals surface area contributed by atoms with Gasteiger partial charge in [-0.25, -0.2) is 4.79 Å². The number of azide groups is 1. The van der Waals surface area contributed by atoms with E-state index < -0.39 is 110 Å². The van der Waals surface area contributed by atoms with Crippen LogP contribution in [0.2, 0.25) is 0 Å². The van der Waals surface area contributed by atoms with Crippen LogP contribution in [-0.4, -0.2) is 127 Å².